The van der Waals surface area contributed by atoms with Crippen molar-refractivity contribution >= 4 is 5.91 Å². The molecule has 0 aliphatic carbocycles. The maximum atomic E-state index is 10.9. The summed E-state index contributed by atoms with van der Waals surface area (Å²) in [6.07, 6.45) is 5.44. The number of rotatable bonds is 4. The lowest BCUT2D eigenvalue weighted by molar-refractivity contribution is 0.0963. The molecule has 25 heavy (non-hydrogen) atoms. The largest absolute Gasteiger partial charge is 0.508 e. The van der Waals surface area contributed by atoms with Gasteiger partial charge in [-0.15, -0.1) is 0 Å². The molecule has 2 aromatic carbocycles. The average molecular weight is 340 g/mol. The van der Waals surface area contributed by atoms with Crippen molar-refractivity contribution in [3.05, 3.63) is 65.7 Å². The number of benzene rings is 2. The van der Waals surface area contributed by atoms with Gasteiger partial charge in [0.2, 0.25) is 0 Å². The normalized spacial score (nSPS) is 14.3. The molecule has 0 spiro atoms. The summed E-state index contributed by atoms with van der Waals surface area (Å²) in [6, 6.07) is 16.9. The van der Waals surface area contributed by atoms with Crippen molar-refractivity contribution in [3.63, 3.8) is 0 Å². The third-order valence-corrected chi connectivity index (χ3v) is 4.36. The highest BCUT2D eigenvalue weighted by molar-refractivity contribution is 5.94. The fraction of sp³-hybridized carbons (Fsp3) is 0.381. The predicted octanol–water partition coefficient (Wildman–Crippen LogP) is 3.47. The second-order valence-electron chi connectivity index (χ2n) is 6.26. The molecule has 0 saturated carbocycles. The van der Waals surface area contributed by atoms with Crippen molar-refractivity contribution in [2.45, 2.75) is 25.7 Å². The molecule has 0 unspecified atom stereocenters. The molecule has 0 radical (unpaired) electrons. The van der Waals surface area contributed by atoms with E-state index >= 15 is 0 Å². The van der Waals surface area contributed by atoms with Gasteiger partial charge in [-0.25, -0.2) is 0 Å². The quantitative estimate of drug-likeness (QED) is 0.896. The molecule has 4 heteroatoms. The van der Waals surface area contributed by atoms with E-state index in [4.69, 9.17) is 5.11 Å². The van der Waals surface area contributed by atoms with Crippen LogP contribution < -0.4 is 5.32 Å². The van der Waals surface area contributed by atoms with Crippen molar-refractivity contribution in [1.82, 2.24) is 10.2 Å². The van der Waals surface area contributed by atoms with Crippen LogP contribution >= 0.6 is 0 Å². The molecular formula is C21H28N2O2. The van der Waals surface area contributed by atoms with E-state index in [-0.39, 0.29) is 11.7 Å². The van der Waals surface area contributed by atoms with Crippen LogP contribution in [0.2, 0.25) is 0 Å². The molecule has 1 aliphatic rings. The lowest BCUT2D eigenvalue weighted by Crippen LogP contribution is -2.31. The Morgan fingerprint density at radius 3 is 2.24 bits per heavy atom. The number of nitrogens with one attached hydrogen (secondary N) is 1. The average Bonchev–Trinajstić information content (AvgIpc) is 2.68. The third kappa shape index (κ3) is 6.98. The van der Waals surface area contributed by atoms with Crippen LogP contribution in [0.25, 0.3) is 0 Å². The minimum absolute atomic E-state index is 0.148. The summed E-state index contributed by atoms with van der Waals surface area (Å²) in [5.74, 6) is 0.0163. The number of piperidine rings is 1. The summed E-state index contributed by atoms with van der Waals surface area (Å²) in [4.78, 5) is 13.5. The summed E-state index contributed by atoms with van der Waals surface area (Å²) < 4.78 is 0. The molecule has 2 N–H and O–H groups in total. The predicted molar refractivity (Wildman–Crippen MR) is 102 cm³/mol. The van der Waals surface area contributed by atoms with Gasteiger partial charge in [0, 0.05) is 19.2 Å². The lowest BCUT2D eigenvalue weighted by Gasteiger charge is -2.26. The van der Waals surface area contributed by atoms with Crippen LogP contribution in [0.4, 0.5) is 0 Å². The molecule has 1 heterocycles. The van der Waals surface area contributed by atoms with Gasteiger partial charge < -0.3 is 15.3 Å². The summed E-state index contributed by atoms with van der Waals surface area (Å²) in [7, 11) is 1.56. The molecule has 1 saturated heterocycles. The molecule has 3 rings (SSSR count). The molecule has 134 valence electrons. The zero-order valence-electron chi connectivity index (χ0n) is 14.9. The summed E-state index contributed by atoms with van der Waals surface area (Å²) >= 11 is 0. The fourth-order valence-electron chi connectivity index (χ4n) is 2.87. The van der Waals surface area contributed by atoms with E-state index in [2.05, 4.69) is 40.5 Å². The third-order valence-electron chi connectivity index (χ3n) is 4.36. The van der Waals surface area contributed by atoms with Gasteiger partial charge >= 0.3 is 0 Å². The maximum Gasteiger partial charge on any atom is 0.251 e. The van der Waals surface area contributed by atoms with Crippen LogP contribution in [-0.2, 0) is 6.42 Å². The Hall–Kier alpha value is -2.33. The second kappa shape index (κ2) is 10.5. The number of carbonyl (C=O) groups excluding carboxylic acids is 1. The van der Waals surface area contributed by atoms with Gasteiger partial charge in [0.25, 0.3) is 5.91 Å². The van der Waals surface area contributed by atoms with Gasteiger partial charge in [-0.05, 0) is 62.2 Å². The molecule has 0 atom stereocenters. The van der Waals surface area contributed by atoms with E-state index < -0.39 is 0 Å². The Morgan fingerprint density at radius 2 is 1.64 bits per heavy atom. The Bertz CT molecular complexity index is 620. The zero-order valence-corrected chi connectivity index (χ0v) is 14.9. The molecule has 1 aliphatic heterocycles. The maximum absolute atomic E-state index is 10.9. The SMILES string of the molecule is CNC(=O)c1ccc(O)cc1.c1ccc(CCN2CCCCC2)cc1. The van der Waals surface area contributed by atoms with E-state index in [1.807, 2.05) is 0 Å². The van der Waals surface area contributed by atoms with Crippen molar-refractivity contribution in [2.75, 3.05) is 26.7 Å². The van der Waals surface area contributed by atoms with Crippen molar-refractivity contribution in [2.24, 2.45) is 0 Å². The number of likely N-dealkylation sites (tertiary alicyclic amines) is 1. The van der Waals surface area contributed by atoms with Crippen LogP contribution in [0.15, 0.2) is 54.6 Å². The molecule has 4 nitrogen and oxygen atoms in total. The van der Waals surface area contributed by atoms with Crippen LogP contribution in [0.3, 0.4) is 0 Å². The van der Waals surface area contributed by atoms with Gasteiger partial charge in [0.15, 0.2) is 0 Å². The molecule has 0 bridgehead atoms. The number of phenolic OH excluding ortho intramolecular Hbond substituents is 1. The Kier molecular flexibility index (Phi) is 7.99. The lowest BCUT2D eigenvalue weighted by atomic mass is 10.1. The molecule has 2 aromatic rings. The highest BCUT2D eigenvalue weighted by Gasteiger charge is 2.08. The summed E-state index contributed by atoms with van der Waals surface area (Å²) in [6.45, 7) is 3.86. The first kappa shape index (κ1) is 19.0. The number of carbonyl (C=O) groups is 1. The van der Waals surface area contributed by atoms with E-state index in [1.165, 1.54) is 63.0 Å². The van der Waals surface area contributed by atoms with Gasteiger partial charge in [0.05, 0.1) is 0 Å². The number of hydrogen-bond donors (Lipinski definition) is 2. The number of aromatic hydroxyl groups is 1. The van der Waals surface area contributed by atoms with Crippen LogP contribution in [0, 0.1) is 0 Å². The zero-order chi connectivity index (χ0) is 17.9. The molecule has 0 aromatic heterocycles. The topological polar surface area (TPSA) is 52.6 Å². The first-order valence-corrected chi connectivity index (χ1v) is 8.96. The number of nitrogens with zero attached hydrogens (tertiary/aromatic N) is 1. The van der Waals surface area contributed by atoms with E-state index in [0.29, 0.717) is 5.56 Å². The van der Waals surface area contributed by atoms with Crippen molar-refractivity contribution in [1.29, 1.82) is 0 Å². The second-order valence-corrected chi connectivity index (χ2v) is 6.26. The summed E-state index contributed by atoms with van der Waals surface area (Å²) in [5, 5.41) is 11.4. The van der Waals surface area contributed by atoms with E-state index in [9.17, 15) is 4.79 Å². The van der Waals surface area contributed by atoms with Gasteiger partial charge in [0.1, 0.15) is 5.75 Å². The first-order chi connectivity index (χ1) is 12.2. The fourth-order valence-corrected chi connectivity index (χ4v) is 2.87. The Morgan fingerprint density at radius 1 is 1.00 bits per heavy atom. The first-order valence-electron chi connectivity index (χ1n) is 8.96. The highest BCUT2D eigenvalue weighted by atomic mass is 16.3. The smallest absolute Gasteiger partial charge is 0.251 e. The standard InChI is InChI=1S/C13H19N.C8H9NO2/c1-3-7-13(8-4-1)9-12-14-10-5-2-6-11-14;1-9-8(11)6-2-4-7(10)5-3-6/h1,3-4,7-8H,2,5-6,9-12H2;2-5,10H,1H3,(H,9,11). The van der Waals surface area contributed by atoms with Gasteiger partial charge in [-0.2, -0.15) is 0 Å². The highest BCUT2D eigenvalue weighted by Crippen LogP contribution is 2.10. The van der Waals surface area contributed by atoms with Gasteiger partial charge in [-0.1, -0.05) is 36.8 Å². The number of hydrogen-bond acceptors (Lipinski definition) is 3. The van der Waals surface area contributed by atoms with Crippen LogP contribution in [0.1, 0.15) is 35.2 Å². The Balaban J connectivity index is 0.000000186. The minimum atomic E-state index is -0.148. The van der Waals surface area contributed by atoms with Crippen molar-refractivity contribution < 1.29 is 9.90 Å². The van der Waals surface area contributed by atoms with Gasteiger partial charge in [-0.3, -0.25) is 4.79 Å². The van der Waals surface area contributed by atoms with E-state index in [1.54, 1.807) is 19.2 Å². The Labute approximate surface area is 150 Å². The summed E-state index contributed by atoms with van der Waals surface area (Å²) in [5.41, 5.74) is 2.02. The molecular weight excluding hydrogens is 312 g/mol. The molecule has 1 fully saturated rings. The van der Waals surface area contributed by atoms with Crippen LogP contribution in [-0.4, -0.2) is 42.6 Å². The minimum Gasteiger partial charge on any atom is -0.508 e. The van der Waals surface area contributed by atoms with Crippen LogP contribution in [0.5, 0.6) is 5.75 Å². The molecule has 1 amide bonds. The van der Waals surface area contributed by atoms with E-state index in [0.717, 1.165) is 0 Å². The monoisotopic (exact) mass is 340 g/mol. The van der Waals surface area contributed by atoms with Crippen molar-refractivity contribution in [3.8, 4) is 5.75 Å². The number of amides is 1. The number of phenols is 1.